The Hall–Kier alpha value is -1.97. The summed E-state index contributed by atoms with van der Waals surface area (Å²) < 4.78 is 33.3. The monoisotopic (exact) mass is 449 g/mol. The number of nitrogens with zero attached hydrogens (tertiary/aromatic N) is 3. The molecule has 8 nitrogen and oxygen atoms in total. The van der Waals surface area contributed by atoms with Crippen LogP contribution in [0.25, 0.3) is 0 Å². The first-order valence-corrected chi connectivity index (χ1v) is 12.6. The van der Waals surface area contributed by atoms with Gasteiger partial charge in [-0.25, -0.2) is 8.42 Å². The zero-order chi connectivity index (χ0) is 22.0. The summed E-state index contributed by atoms with van der Waals surface area (Å²) in [5, 5.41) is 0. The molecule has 2 amide bonds. The predicted octanol–water partition coefficient (Wildman–Crippen LogP) is 1.71. The molecule has 3 aliphatic heterocycles. The Morgan fingerprint density at radius 1 is 0.968 bits per heavy atom. The van der Waals surface area contributed by atoms with Crippen LogP contribution in [0.2, 0.25) is 0 Å². The van der Waals surface area contributed by atoms with Crippen molar-refractivity contribution in [2.75, 3.05) is 39.3 Å². The summed E-state index contributed by atoms with van der Waals surface area (Å²) in [7, 11) is -3.63. The van der Waals surface area contributed by atoms with Gasteiger partial charge in [-0.3, -0.25) is 9.59 Å². The molecule has 31 heavy (non-hydrogen) atoms. The average molecular weight is 450 g/mol. The number of rotatable bonds is 4. The van der Waals surface area contributed by atoms with E-state index >= 15 is 0 Å². The fourth-order valence-electron chi connectivity index (χ4n) is 4.64. The molecule has 4 rings (SSSR count). The maximum atomic E-state index is 13.1. The van der Waals surface area contributed by atoms with Gasteiger partial charge in [-0.1, -0.05) is 12.5 Å². The smallest absolute Gasteiger partial charge is 0.254 e. The molecule has 170 valence electrons. The van der Waals surface area contributed by atoms with E-state index in [1.54, 1.807) is 32.3 Å². The van der Waals surface area contributed by atoms with E-state index in [0.717, 1.165) is 32.1 Å². The number of hydrogen-bond acceptors (Lipinski definition) is 5. The second-order valence-corrected chi connectivity index (χ2v) is 10.5. The van der Waals surface area contributed by atoms with Crippen molar-refractivity contribution in [1.82, 2.24) is 14.1 Å². The number of amides is 2. The van der Waals surface area contributed by atoms with Gasteiger partial charge in [-0.05, 0) is 50.8 Å². The molecule has 0 radical (unpaired) electrons. The summed E-state index contributed by atoms with van der Waals surface area (Å²) in [6, 6.07) is 6.30. The number of piperidine rings is 1. The molecule has 1 aromatic rings. The minimum absolute atomic E-state index is 0.00772. The molecule has 3 aliphatic rings. The molecule has 3 fully saturated rings. The SMILES string of the molecule is CC1CCCCN1S(=O)(=O)c1cccc(C(=O)N2CCN(C(=O)C3CCCO3)CC2)c1. The highest BCUT2D eigenvalue weighted by atomic mass is 32.2. The quantitative estimate of drug-likeness (QED) is 0.699. The van der Waals surface area contributed by atoms with Crippen molar-refractivity contribution >= 4 is 21.8 Å². The van der Waals surface area contributed by atoms with Gasteiger partial charge in [0.1, 0.15) is 6.10 Å². The Kier molecular flexibility index (Phi) is 6.64. The molecule has 0 saturated carbocycles. The number of ether oxygens (including phenoxy) is 1. The van der Waals surface area contributed by atoms with Crippen molar-refractivity contribution in [3.05, 3.63) is 29.8 Å². The van der Waals surface area contributed by atoms with Crippen LogP contribution >= 0.6 is 0 Å². The fraction of sp³-hybridized carbons (Fsp3) is 0.636. The third-order valence-electron chi connectivity index (χ3n) is 6.51. The predicted molar refractivity (Wildman–Crippen MR) is 115 cm³/mol. The lowest BCUT2D eigenvalue weighted by atomic mass is 10.1. The van der Waals surface area contributed by atoms with E-state index < -0.39 is 10.0 Å². The molecule has 0 spiro atoms. The second kappa shape index (κ2) is 9.26. The maximum absolute atomic E-state index is 13.1. The molecular weight excluding hydrogens is 418 g/mol. The lowest BCUT2D eigenvalue weighted by Crippen LogP contribution is -2.52. The summed E-state index contributed by atoms with van der Waals surface area (Å²) in [4.78, 5) is 29.2. The minimum atomic E-state index is -3.63. The van der Waals surface area contributed by atoms with Crippen LogP contribution in [0.5, 0.6) is 0 Å². The largest absolute Gasteiger partial charge is 0.368 e. The average Bonchev–Trinajstić information content (AvgIpc) is 3.33. The van der Waals surface area contributed by atoms with Crippen molar-refractivity contribution in [3.63, 3.8) is 0 Å². The van der Waals surface area contributed by atoms with Crippen LogP contribution in [0.15, 0.2) is 29.2 Å². The molecule has 0 aliphatic carbocycles. The highest BCUT2D eigenvalue weighted by Crippen LogP contribution is 2.26. The first-order valence-electron chi connectivity index (χ1n) is 11.2. The van der Waals surface area contributed by atoms with Crippen LogP contribution in [0.3, 0.4) is 0 Å². The Morgan fingerprint density at radius 2 is 1.71 bits per heavy atom. The van der Waals surface area contributed by atoms with E-state index in [4.69, 9.17) is 4.74 Å². The first-order chi connectivity index (χ1) is 14.9. The molecule has 2 unspecified atom stereocenters. The molecule has 0 bridgehead atoms. The van der Waals surface area contributed by atoms with Crippen LogP contribution in [0.1, 0.15) is 49.4 Å². The highest BCUT2D eigenvalue weighted by Gasteiger charge is 2.33. The normalized spacial score (nSPS) is 25.6. The van der Waals surface area contributed by atoms with E-state index in [-0.39, 0.29) is 28.9 Å². The number of sulfonamides is 1. The molecule has 9 heteroatoms. The fourth-order valence-corrected chi connectivity index (χ4v) is 6.39. The Bertz CT molecular complexity index is 921. The molecule has 3 heterocycles. The molecule has 0 aromatic heterocycles. The number of piperazine rings is 1. The van der Waals surface area contributed by atoms with Crippen molar-refractivity contribution in [2.24, 2.45) is 0 Å². The maximum Gasteiger partial charge on any atom is 0.254 e. The highest BCUT2D eigenvalue weighted by molar-refractivity contribution is 7.89. The van der Waals surface area contributed by atoms with E-state index in [1.165, 1.54) is 6.07 Å². The van der Waals surface area contributed by atoms with Crippen LogP contribution in [-0.4, -0.2) is 85.8 Å². The zero-order valence-electron chi connectivity index (χ0n) is 18.0. The number of carbonyl (C=O) groups excluding carboxylic acids is 2. The van der Waals surface area contributed by atoms with E-state index in [0.29, 0.717) is 44.9 Å². The van der Waals surface area contributed by atoms with Gasteiger partial charge >= 0.3 is 0 Å². The first kappa shape index (κ1) is 22.2. The summed E-state index contributed by atoms with van der Waals surface area (Å²) in [5.74, 6) is -0.193. The molecule has 1 aromatic carbocycles. The summed E-state index contributed by atoms with van der Waals surface area (Å²) in [6.07, 6.45) is 4.07. The van der Waals surface area contributed by atoms with Gasteiger partial charge in [0, 0.05) is 50.9 Å². The van der Waals surface area contributed by atoms with Crippen molar-refractivity contribution in [3.8, 4) is 0 Å². The summed E-state index contributed by atoms with van der Waals surface area (Å²) >= 11 is 0. The Morgan fingerprint density at radius 3 is 2.39 bits per heavy atom. The van der Waals surface area contributed by atoms with Crippen molar-refractivity contribution < 1.29 is 22.7 Å². The van der Waals surface area contributed by atoms with Gasteiger partial charge in [0.2, 0.25) is 10.0 Å². The van der Waals surface area contributed by atoms with Gasteiger partial charge < -0.3 is 14.5 Å². The van der Waals surface area contributed by atoms with Crippen molar-refractivity contribution in [2.45, 2.75) is 56.1 Å². The number of benzene rings is 1. The summed E-state index contributed by atoms with van der Waals surface area (Å²) in [6.45, 7) is 4.87. The topological polar surface area (TPSA) is 87.2 Å². The summed E-state index contributed by atoms with van der Waals surface area (Å²) in [5.41, 5.74) is 0.365. The minimum Gasteiger partial charge on any atom is -0.368 e. The van der Waals surface area contributed by atoms with Gasteiger partial charge in [0.05, 0.1) is 4.90 Å². The third kappa shape index (κ3) is 4.63. The Labute approximate surface area is 184 Å². The zero-order valence-corrected chi connectivity index (χ0v) is 18.8. The van der Waals surface area contributed by atoms with Crippen LogP contribution < -0.4 is 0 Å². The lowest BCUT2D eigenvalue weighted by Gasteiger charge is -2.36. The Balaban J connectivity index is 1.42. The second-order valence-electron chi connectivity index (χ2n) is 8.61. The lowest BCUT2D eigenvalue weighted by molar-refractivity contribution is -0.142. The van der Waals surface area contributed by atoms with Gasteiger partial charge in [-0.15, -0.1) is 0 Å². The van der Waals surface area contributed by atoms with Crippen molar-refractivity contribution in [1.29, 1.82) is 0 Å². The van der Waals surface area contributed by atoms with E-state index in [1.807, 2.05) is 6.92 Å². The standard InChI is InChI=1S/C22H31N3O5S/c1-17-6-2-3-10-25(17)31(28,29)19-8-4-7-18(16-19)21(26)23-11-13-24(14-12-23)22(27)20-9-5-15-30-20/h4,7-8,16-17,20H,2-3,5-6,9-15H2,1H3. The van der Waals surface area contributed by atoms with E-state index in [2.05, 4.69) is 0 Å². The van der Waals surface area contributed by atoms with Crippen LogP contribution in [0.4, 0.5) is 0 Å². The molecule has 3 saturated heterocycles. The van der Waals surface area contributed by atoms with Gasteiger partial charge in [0.25, 0.3) is 11.8 Å². The number of hydrogen-bond donors (Lipinski definition) is 0. The molecule has 2 atom stereocenters. The molecular formula is C22H31N3O5S. The third-order valence-corrected chi connectivity index (χ3v) is 8.52. The van der Waals surface area contributed by atoms with E-state index in [9.17, 15) is 18.0 Å². The van der Waals surface area contributed by atoms with Crippen LogP contribution in [-0.2, 0) is 19.6 Å². The van der Waals surface area contributed by atoms with Gasteiger partial charge in [-0.2, -0.15) is 4.31 Å². The number of carbonyl (C=O) groups is 2. The van der Waals surface area contributed by atoms with Gasteiger partial charge in [0.15, 0.2) is 0 Å². The van der Waals surface area contributed by atoms with Crippen LogP contribution in [0, 0.1) is 0 Å². The molecule has 0 N–H and O–H groups in total.